The number of rotatable bonds is 3. The van der Waals surface area contributed by atoms with Gasteiger partial charge >= 0.3 is 6.18 Å². The number of thiazole rings is 1. The first-order valence-electron chi connectivity index (χ1n) is 6.24. The van der Waals surface area contributed by atoms with Crippen molar-refractivity contribution in [1.82, 2.24) is 15.1 Å². The number of nitrogens with zero attached hydrogens (tertiary/aromatic N) is 3. The summed E-state index contributed by atoms with van der Waals surface area (Å²) in [6.07, 6.45) is -4.74. The molecule has 3 rings (SSSR count). The van der Waals surface area contributed by atoms with Crippen LogP contribution >= 0.6 is 11.3 Å². The largest absolute Gasteiger partial charge is 0.417 e. The van der Waals surface area contributed by atoms with Gasteiger partial charge in [0.1, 0.15) is 16.5 Å². The minimum atomic E-state index is -4.74. The first-order chi connectivity index (χ1) is 10.9. The maximum absolute atomic E-state index is 13.1. The number of alkyl halides is 3. The van der Waals surface area contributed by atoms with Gasteiger partial charge in [0, 0.05) is 17.5 Å². The maximum atomic E-state index is 13.1. The van der Waals surface area contributed by atoms with Crippen LogP contribution in [0.1, 0.15) is 10.6 Å². The molecule has 2 heterocycles. The van der Waals surface area contributed by atoms with Gasteiger partial charge in [0.25, 0.3) is 5.89 Å². The van der Waals surface area contributed by atoms with Gasteiger partial charge in [0.05, 0.1) is 5.56 Å². The van der Waals surface area contributed by atoms with Gasteiger partial charge in [0.2, 0.25) is 5.82 Å². The van der Waals surface area contributed by atoms with E-state index < -0.39 is 17.6 Å². The third-order valence-electron chi connectivity index (χ3n) is 2.90. The molecule has 2 aromatic heterocycles. The summed E-state index contributed by atoms with van der Waals surface area (Å²) in [5.41, 5.74) is 4.22. The predicted octanol–water partition coefficient (Wildman–Crippen LogP) is 3.48. The summed E-state index contributed by atoms with van der Waals surface area (Å²) >= 11 is 1.27. The van der Waals surface area contributed by atoms with Crippen LogP contribution in [0.3, 0.4) is 0 Å². The second-order valence-corrected chi connectivity index (χ2v) is 5.38. The van der Waals surface area contributed by atoms with Gasteiger partial charge in [-0.25, -0.2) is 9.37 Å². The first-order valence-corrected chi connectivity index (χ1v) is 7.12. The van der Waals surface area contributed by atoms with Gasteiger partial charge in [-0.05, 0) is 18.2 Å². The van der Waals surface area contributed by atoms with Crippen molar-refractivity contribution >= 4 is 11.3 Å². The zero-order valence-electron chi connectivity index (χ0n) is 11.3. The summed E-state index contributed by atoms with van der Waals surface area (Å²) in [5, 5.41) is 5.76. The highest BCUT2D eigenvalue weighted by Crippen LogP contribution is 2.37. The fourth-order valence-electron chi connectivity index (χ4n) is 1.89. The fraction of sp³-hybridized carbons (Fsp3) is 0.154. The second-order valence-electron chi connectivity index (χ2n) is 4.44. The zero-order valence-corrected chi connectivity index (χ0v) is 12.1. The molecule has 1 aromatic carbocycles. The highest BCUT2D eigenvalue weighted by Gasteiger charge is 2.35. The van der Waals surface area contributed by atoms with Crippen LogP contribution in [0.25, 0.3) is 23.0 Å². The SMILES string of the molecule is NCc1nc(-c2nc(-c3ccc(F)cc3C(F)(F)F)no2)cs1. The average Bonchev–Trinajstić information content (AvgIpc) is 3.15. The molecule has 10 heteroatoms. The Morgan fingerprint density at radius 2 is 2.00 bits per heavy atom. The molecule has 3 aromatic rings. The van der Waals surface area contributed by atoms with E-state index in [0.717, 1.165) is 12.1 Å². The van der Waals surface area contributed by atoms with Gasteiger partial charge < -0.3 is 10.3 Å². The van der Waals surface area contributed by atoms with E-state index >= 15 is 0 Å². The molecule has 5 nitrogen and oxygen atoms in total. The average molecular weight is 344 g/mol. The van der Waals surface area contributed by atoms with Crippen molar-refractivity contribution in [2.24, 2.45) is 5.73 Å². The Morgan fingerprint density at radius 1 is 1.22 bits per heavy atom. The van der Waals surface area contributed by atoms with Crippen LogP contribution in [0.2, 0.25) is 0 Å². The van der Waals surface area contributed by atoms with Gasteiger partial charge in [-0.3, -0.25) is 0 Å². The summed E-state index contributed by atoms with van der Waals surface area (Å²) in [7, 11) is 0. The molecule has 0 bridgehead atoms. The molecule has 0 radical (unpaired) electrons. The number of hydrogen-bond acceptors (Lipinski definition) is 6. The molecule has 0 saturated heterocycles. The summed E-state index contributed by atoms with van der Waals surface area (Å²) in [4.78, 5) is 8.01. The third kappa shape index (κ3) is 3.08. The maximum Gasteiger partial charge on any atom is 0.417 e. The fourth-order valence-corrected chi connectivity index (χ4v) is 2.53. The summed E-state index contributed by atoms with van der Waals surface area (Å²) < 4.78 is 57.1. The van der Waals surface area contributed by atoms with Crippen LogP contribution in [0, 0.1) is 5.82 Å². The Hall–Kier alpha value is -2.33. The lowest BCUT2D eigenvalue weighted by molar-refractivity contribution is -0.137. The predicted molar refractivity (Wildman–Crippen MR) is 73.7 cm³/mol. The van der Waals surface area contributed by atoms with Crippen molar-refractivity contribution in [2.75, 3.05) is 0 Å². The highest BCUT2D eigenvalue weighted by molar-refractivity contribution is 7.09. The van der Waals surface area contributed by atoms with Crippen molar-refractivity contribution in [3.63, 3.8) is 0 Å². The molecular weight excluding hydrogens is 336 g/mol. The number of nitrogens with two attached hydrogens (primary N) is 1. The van der Waals surface area contributed by atoms with Crippen LogP contribution in [0.4, 0.5) is 17.6 Å². The molecule has 120 valence electrons. The number of benzene rings is 1. The Kier molecular flexibility index (Phi) is 3.86. The van der Waals surface area contributed by atoms with E-state index in [4.69, 9.17) is 10.3 Å². The molecule has 0 amide bonds. The summed E-state index contributed by atoms with van der Waals surface area (Å²) in [6.45, 7) is 0.224. The van der Waals surface area contributed by atoms with Gasteiger partial charge in [-0.2, -0.15) is 18.2 Å². The molecule has 0 fully saturated rings. The van der Waals surface area contributed by atoms with Crippen LogP contribution in [-0.4, -0.2) is 15.1 Å². The Labute approximate surface area is 130 Å². The van der Waals surface area contributed by atoms with Crippen molar-refractivity contribution in [1.29, 1.82) is 0 Å². The Morgan fingerprint density at radius 3 is 2.65 bits per heavy atom. The van der Waals surface area contributed by atoms with Crippen molar-refractivity contribution in [3.05, 3.63) is 40.0 Å². The lowest BCUT2D eigenvalue weighted by Gasteiger charge is -2.10. The molecule has 0 aliphatic heterocycles. The van der Waals surface area contributed by atoms with E-state index in [9.17, 15) is 17.6 Å². The first kappa shape index (κ1) is 15.6. The molecule has 0 atom stereocenters. The van der Waals surface area contributed by atoms with E-state index in [0.29, 0.717) is 16.8 Å². The van der Waals surface area contributed by atoms with Crippen molar-refractivity contribution < 1.29 is 22.1 Å². The molecule has 0 aliphatic rings. The van der Waals surface area contributed by atoms with Crippen molar-refractivity contribution in [3.8, 4) is 23.0 Å². The number of aromatic nitrogens is 3. The highest BCUT2D eigenvalue weighted by atomic mass is 32.1. The van der Waals surface area contributed by atoms with Crippen LogP contribution < -0.4 is 5.73 Å². The lowest BCUT2D eigenvalue weighted by Crippen LogP contribution is -2.08. The molecule has 0 aliphatic carbocycles. The van der Waals surface area contributed by atoms with Gasteiger partial charge in [0.15, 0.2) is 0 Å². The van der Waals surface area contributed by atoms with E-state index in [1.165, 1.54) is 11.3 Å². The quantitative estimate of drug-likeness (QED) is 0.736. The smallest absolute Gasteiger partial charge is 0.332 e. The van der Waals surface area contributed by atoms with Crippen molar-refractivity contribution in [2.45, 2.75) is 12.7 Å². The van der Waals surface area contributed by atoms with E-state index in [2.05, 4.69) is 15.1 Å². The van der Waals surface area contributed by atoms with E-state index in [1.54, 1.807) is 5.38 Å². The summed E-state index contributed by atoms with van der Waals surface area (Å²) in [6, 6.07) is 2.25. The van der Waals surface area contributed by atoms with E-state index in [-0.39, 0.29) is 23.8 Å². The minimum absolute atomic E-state index is 0.0339. The van der Waals surface area contributed by atoms with Crippen LogP contribution in [-0.2, 0) is 12.7 Å². The number of hydrogen-bond donors (Lipinski definition) is 1. The summed E-state index contributed by atoms with van der Waals surface area (Å²) in [5.74, 6) is -1.33. The van der Waals surface area contributed by atoms with Crippen LogP contribution in [0.5, 0.6) is 0 Å². The van der Waals surface area contributed by atoms with Gasteiger partial charge in [-0.1, -0.05) is 5.16 Å². The Bertz CT molecular complexity index is 843. The molecule has 2 N–H and O–H groups in total. The third-order valence-corrected chi connectivity index (χ3v) is 3.77. The number of halogens is 4. The molecule has 0 saturated carbocycles. The van der Waals surface area contributed by atoms with Crippen LogP contribution in [0.15, 0.2) is 28.1 Å². The topological polar surface area (TPSA) is 77.8 Å². The lowest BCUT2D eigenvalue weighted by atomic mass is 10.1. The van der Waals surface area contributed by atoms with Gasteiger partial charge in [-0.15, -0.1) is 11.3 Å². The normalized spacial score (nSPS) is 11.9. The molecular formula is C13H8F4N4OS. The molecule has 23 heavy (non-hydrogen) atoms. The standard InChI is InChI=1S/C13H8F4N4OS/c14-6-1-2-7(8(3-6)13(15,16)17)11-20-12(22-21-11)9-5-23-10(4-18)19-9/h1-3,5H,4,18H2. The Balaban J connectivity index is 2.04. The zero-order chi connectivity index (χ0) is 16.6. The monoisotopic (exact) mass is 344 g/mol. The molecule has 0 spiro atoms. The molecule has 0 unspecified atom stereocenters. The van der Waals surface area contributed by atoms with E-state index in [1.807, 2.05) is 0 Å². The minimum Gasteiger partial charge on any atom is -0.332 e. The second kappa shape index (κ2) is 5.70.